The predicted molar refractivity (Wildman–Crippen MR) is 175 cm³/mol. The molecule has 0 amide bonds. The van der Waals surface area contributed by atoms with Crippen molar-refractivity contribution in [2.45, 2.75) is 87.6 Å². The number of nitro groups is 1. The van der Waals surface area contributed by atoms with E-state index in [-0.39, 0.29) is 34.3 Å². The van der Waals surface area contributed by atoms with E-state index in [0.717, 1.165) is 30.4 Å². The summed E-state index contributed by atoms with van der Waals surface area (Å²) in [6.45, 7) is 14.4. The number of rotatable bonds is 12. The minimum Gasteiger partial charge on any atom is -0.469 e. The number of oxime groups is 1. The lowest BCUT2D eigenvalue weighted by atomic mass is 9.97. The van der Waals surface area contributed by atoms with Gasteiger partial charge in [-0.25, -0.2) is 4.79 Å². The monoisotopic (exact) mass is 621 g/mol. The summed E-state index contributed by atoms with van der Waals surface area (Å²) in [6.07, 6.45) is 3.52. The summed E-state index contributed by atoms with van der Waals surface area (Å²) in [6, 6.07) is 8.12. The van der Waals surface area contributed by atoms with E-state index in [4.69, 9.17) is 0 Å². The molecule has 0 spiro atoms. The summed E-state index contributed by atoms with van der Waals surface area (Å²) >= 11 is 0. The minimum absolute atomic E-state index is 0.00973. The zero-order chi connectivity index (χ0) is 34.0. The Kier molecular flexibility index (Phi) is 13.3. The van der Waals surface area contributed by atoms with E-state index in [1.54, 1.807) is 31.2 Å². The van der Waals surface area contributed by atoms with Gasteiger partial charge >= 0.3 is 11.9 Å². The number of hydrogen-bond donors (Lipinski definition) is 0. The van der Waals surface area contributed by atoms with Crippen LogP contribution in [0.15, 0.2) is 46.6 Å². The van der Waals surface area contributed by atoms with Gasteiger partial charge < -0.3 is 14.1 Å². The van der Waals surface area contributed by atoms with Gasteiger partial charge in [0, 0.05) is 53.9 Å². The number of ketones is 2. The topological polar surface area (TPSA) is 147 Å². The smallest absolute Gasteiger partial charge is 0.331 e. The van der Waals surface area contributed by atoms with Gasteiger partial charge in [-0.3, -0.25) is 24.5 Å². The number of non-ortho nitro benzene ring substituents is 1. The van der Waals surface area contributed by atoms with Crippen LogP contribution in [0, 0.1) is 16.0 Å². The fourth-order valence-electron chi connectivity index (χ4n) is 4.72. The van der Waals surface area contributed by atoms with Crippen molar-refractivity contribution in [3.8, 4) is 0 Å². The van der Waals surface area contributed by atoms with Crippen molar-refractivity contribution in [3.05, 3.63) is 62.7 Å². The van der Waals surface area contributed by atoms with Crippen molar-refractivity contribution >= 4 is 56.7 Å². The molecule has 1 unspecified atom stereocenters. The molecule has 2 aromatic carbocycles. The molecule has 0 aliphatic rings. The van der Waals surface area contributed by atoms with E-state index in [2.05, 4.69) is 28.6 Å². The van der Waals surface area contributed by atoms with Crippen molar-refractivity contribution in [3.63, 3.8) is 0 Å². The summed E-state index contributed by atoms with van der Waals surface area (Å²) in [7, 11) is 1.35. The molecular weight excluding hydrogens is 578 g/mol. The maximum Gasteiger partial charge on any atom is 0.331 e. The van der Waals surface area contributed by atoms with E-state index >= 15 is 0 Å². The van der Waals surface area contributed by atoms with Crippen LogP contribution >= 0.6 is 0 Å². The number of nitro benzene ring substituents is 1. The summed E-state index contributed by atoms with van der Waals surface area (Å²) in [5.74, 6) is -1.08. The highest BCUT2D eigenvalue weighted by Gasteiger charge is 2.25. The van der Waals surface area contributed by atoms with Crippen molar-refractivity contribution < 1.29 is 33.7 Å². The normalized spacial score (nSPS) is 12.6. The molecule has 1 heterocycles. The number of fused-ring (bicyclic) bond motifs is 3. The number of esters is 1. The molecule has 242 valence electrons. The van der Waals surface area contributed by atoms with E-state index < -0.39 is 16.7 Å². The lowest BCUT2D eigenvalue weighted by Crippen LogP contribution is -2.12. The highest BCUT2D eigenvalue weighted by molar-refractivity contribution is 6.45. The number of ether oxygens (including phenoxy) is 1. The van der Waals surface area contributed by atoms with Gasteiger partial charge in [0.1, 0.15) is 11.2 Å². The van der Waals surface area contributed by atoms with E-state index in [1.165, 1.54) is 33.9 Å². The SMILES string of the molecule is CCC(C)=C(C)C(=O)c1cc([N+](=O)[O-])c2c(c1)c1cc(C(=O)/C(C)=N/OC(C)=O)ccc1n2CCCC(C)CC.COC(C)=O. The second kappa shape index (κ2) is 16.4. The second-order valence-corrected chi connectivity index (χ2v) is 11.1. The molecule has 0 radical (unpaired) electrons. The van der Waals surface area contributed by atoms with Gasteiger partial charge in [-0.1, -0.05) is 37.9 Å². The maximum absolute atomic E-state index is 13.4. The third-order valence-electron chi connectivity index (χ3n) is 7.87. The number of carbonyl (C=O) groups excluding carboxylic acids is 4. The largest absolute Gasteiger partial charge is 0.469 e. The number of Topliss-reactive ketones (excluding diaryl/α,β-unsaturated/α-hetero) is 2. The molecule has 0 aliphatic carbocycles. The quantitative estimate of drug-likeness (QED) is 0.0379. The first-order chi connectivity index (χ1) is 21.2. The lowest BCUT2D eigenvalue weighted by Gasteiger charge is -2.11. The number of allylic oxidation sites excluding steroid dienone is 2. The minimum atomic E-state index is -0.643. The number of benzene rings is 2. The second-order valence-electron chi connectivity index (χ2n) is 11.1. The molecule has 0 bridgehead atoms. The fourth-order valence-corrected chi connectivity index (χ4v) is 4.72. The first-order valence-corrected chi connectivity index (χ1v) is 14.9. The molecule has 1 atom stereocenters. The fraction of sp³-hybridized carbons (Fsp3) is 0.441. The van der Waals surface area contributed by atoms with Gasteiger partial charge in [0.2, 0.25) is 5.78 Å². The number of hydrogen-bond acceptors (Lipinski definition) is 9. The Bertz CT molecular complexity index is 1680. The predicted octanol–water partition coefficient (Wildman–Crippen LogP) is 7.76. The molecule has 11 heteroatoms. The molecule has 11 nitrogen and oxygen atoms in total. The highest BCUT2D eigenvalue weighted by atomic mass is 16.7. The summed E-state index contributed by atoms with van der Waals surface area (Å²) in [4.78, 5) is 63.7. The molecule has 3 rings (SSSR count). The van der Waals surface area contributed by atoms with Gasteiger partial charge in [0.05, 0.1) is 12.0 Å². The zero-order valence-electron chi connectivity index (χ0n) is 27.6. The van der Waals surface area contributed by atoms with Crippen LogP contribution in [-0.4, -0.2) is 45.8 Å². The lowest BCUT2D eigenvalue weighted by molar-refractivity contribution is -0.383. The number of nitrogens with zero attached hydrogens (tertiary/aromatic N) is 3. The van der Waals surface area contributed by atoms with Gasteiger partial charge in [-0.15, -0.1) is 0 Å². The van der Waals surface area contributed by atoms with Gasteiger partial charge in [0.25, 0.3) is 5.69 Å². The molecule has 1 aromatic heterocycles. The molecule has 0 saturated carbocycles. The third kappa shape index (κ3) is 9.17. The summed E-state index contributed by atoms with van der Waals surface area (Å²) in [5.41, 5.74) is 2.98. The van der Waals surface area contributed by atoms with Crippen molar-refractivity contribution in [2.75, 3.05) is 7.11 Å². The van der Waals surface area contributed by atoms with Crippen molar-refractivity contribution in [1.29, 1.82) is 0 Å². The van der Waals surface area contributed by atoms with Crippen LogP contribution in [0.3, 0.4) is 0 Å². The van der Waals surface area contributed by atoms with Crippen LogP contribution in [0.4, 0.5) is 5.69 Å². The highest BCUT2D eigenvalue weighted by Crippen LogP contribution is 2.38. The Morgan fingerprint density at radius 1 is 0.933 bits per heavy atom. The van der Waals surface area contributed by atoms with Crippen LogP contribution in [0.25, 0.3) is 21.8 Å². The molecule has 0 saturated heterocycles. The molecule has 0 N–H and O–H groups in total. The zero-order valence-corrected chi connectivity index (χ0v) is 27.6. The maximum atomic E-state index is 13.4. The Morgan fingerprint density at radius 3 is 2.09 bits per heavy atom. The molecule has 0 aliphatic heterocycles. The Balaban J connectivity index is 0.00000130. The van der Waals surface area contributed by atoms with Crippen molar-refractivity contribution in [1.82, 2.24) is 4.57 Å². The summed E-state index contributed by atoms with van der Waals surface area (Å²) in [5, 5.41) is 17.1. The third-order valence-corrected chi connectivity index (χ3v) is 7.87. The molecule has 0 fully saturated rings. The Labute approximate surface area is 263 Å². The van der Waals surface area contributed by atoms with Crippen LogP contribution in [0.2, 0.25) is 0 Å². The van der Waals surface area contributed by atoms with Gasteiger partial charge in [-0.2, -0.15) is 0 Å². The molecule has 45 heavy (non-hydrogen) atoms. The van der Waals surface area contributed by atoms with Crippen molar-refractivity contribution in [2.24, 2.45) is 11.1 Å². The number of aryl methyl sites for hydroxylation is 1. The van der Waals surface area contributed by atoms with Crippen LogP contribution in [0.1, 0.15) is 102 Å². The number of aromatic nitrogens is 1. The van der Waals surface area contributed by atoms with Crippen LogP contribution in [-0.2, 0) is 25.7 Å². The first kappa shape index (κ1) is 36.5. The first-order valence-electron chi connectivity index (χ1n) is 14.9. The summed E-state index contributed by atoms with van der Waals surface area (Å²) < 4.78 is 6.04. The van der Waals surface area contributed by atoms with E-state index in [1.807, 2.05) is 18.4 Å². The standard InChI is InChI=1S/C31H37N3O6.C3H6O2/c1-8-18(3)11-10-14-33-27-13-12-23(31(37)21(6)32-40-22(7)35)15-25(27)26-16-24(17-28(29(26)33)34(38)39)30(36)20(5)19(4)9-2;1-3(4)5-2/h12-13,15-18H,8-11,14H2,1-7H3;1-2H3/b20-19?,32-21+;. The van der Waals surface area contributed by atoms with E-state index in [0.29, 0.717) is 40.7 Å². The average Bonchev–Trinajstić information content (AvgIpc) is 3.34. The van der Waals surface area contributed by atoms with Gasteiger partial charge in [-0.05, 0) is 75.8 Å². The van der Waals surface area contributed by atoms with E-state index in [9.17, 15) is 29.3 Å². The Morgan fingerprint density at radius 2 is 1.56 bits per heavy atom. The number of carbonyl (C=O) groups is 4. The Hall–Kier alpha value is -4.67. The average molecular weight is 622 g/mol. The van der Waals surface area contributed by atoms with Crippen LogP contribution < -0.4 is 0 Å². The van der Waals surface area contributed by atoms with Gasteiger partial charge in [0.15, 0.2) is 5.78 Å². The number of methoxy groups -OCH3 is 1. The molecular formula is C34H43N3O8. The molecule has 3 aromatic rings. The van der Waals surface area contributed by atoms with Crippen LogP contribution in [0.5, 0.6) is 0 Å².